The van der Waals surface area contributed by atoms with Crippen LogP contribution in [0.2, 0.25) is 0 Å². The van der Waals surface area contributed by atoms with Gasteiger partial charge in [0.1, 0.15) is 0 Å². The van der Waals surface area contributed by atoms with Crippen molar-refractivity contribution in [2.75, 3.05) is 11.9 Å². The lowest BCUT2D eigenvalue weighted by molar-refractivity contribution is -0.138. The highest BCUT2D eigenvalue weighted by atomic mass is 19.4. The molecule has 1 aromatic heterocycles. The molecule has 0 amide bonds. The molecule has 8 heteroatoms. The molecule has 1 atom stereocenters. The molecule has 2 aromatic carbocycles. The third-order valence-corrected chi connectivity index (χ3v) is 5.40. The van der Waals surface area contributed by atoms with Gasteiger partial charge in [-0.1, -0.05) is 38.1 Å². The second kappa shape index (κ2) is 10.6. The molecule has 0 spiro atoms. The van der Waals surface area contributed by atoms with Crippen molar-refractivity contribution < 1.29 is 23.1 Å². The number of hydrogen-bond acceptors (Lipinski definition) is 3. The van der Waals surface area contributed by atoms with E-state index >= 15 is 0 Å². The van der Waals surface area contributed by atoms with Gasteiger partial charge in [-0.2, -0.15) is 18.3 Å². The zero-order valence-corrected chi connectivity index (χ0v) is 18.6. The van der Waals surface area contributed by atoms with Crippen LogP contribution >= 0.6 is 0 Å². The number of aromatic nitrogens is 2. The van der Waals surface area contributed by atoms with Gasteiger partial charge in [-0.3, -0.25) is 4.79 Å². The monoisotopic (exact) mass is 459 g/mol. The molecular formula is C25H28F3N3O2. The number of benzene rings is 2. The Kier molecular flexibility index (Phi) is 7.79. The molecule has 1 unspecified atom stereocenters. The highest BCUT2D eigenvalue weighted by molar-refractivity contribution is 5.67. The zero-order chi connectivity index (χ0) is 24.0. The Morgan fingerprint density at radius 3 is 2.30 bits per heavy atom. The molecule has 0 fully saturated rings. The second-order valence-electron chi connectivity index (χ2n) is 8.56. The van der Waals surface area contributed by atoms with Gasteiger partial charge in [0, 0.05) is 18.4 Å². The van der Waals surface area contributed by atoms with Crippen molar-refractivity contribution in [1.82, 2.24) is 9.78 Å². The molecule has 3 aromatic rings. The number of aliphatic carboxylic acids is 1. The number of halogens is 3. The minimum atomic E-state index is -4.41. The molecule has 0 aliphatic rings. The van der Waals surface area contributed by atoms with Crippen LogP contribution in [-0.4, -0.2) is 27.4 Å². The molecule has 5 nitrogen and oxygen atoms in total. The minimum Gasteiger partial charge on any atom is -0.481 e. The Labute approximate surface area is 191 Å². The van der Waals surface area contributed by atoms with E-state index in [-0.39, 0.29) is 12.3 Å². The van der Waals surface area contributed by atoms with E-state index in [9.17, 15) is 18.0 Å². The average molecular weight is 460 g/mol. The summed E-state index contributed by atoms with van der Waals surface area (Å²) in [4.78, 5) is 10.7. The second-order valence-corrected chi connectivity index (χ2v) is 8.56. The van der Waals surface area contributed by atoms with Gasteiger partial charge in [-0.05, 0) is 60.1 Å². The molecule has 0 saturated carbocycles. The first-order chi connectivity index (χ1) is 15.6. The quantitative estimate of drug-likeness (QED) is 0.382. The van der Waals surface area contributed by atoms with Crippen molar-refractivity contribution in [2.24, 2.45) is 5.92 Å². The summed E-state index contributed by atoms with van der Waals surface area (Å²) in [5, 5.41) is 15.7. The summed E-state index contributed by atoms with van der Waals surface area (Å²) in [6.45, 7) is 4.72. The summed E-state index contributed by atoms with van der Waals surface area (Å²) in [5.41, 5.74) is 2.97. The van der Waals surface area contributed by atoms with E-state index in [0.717, 1.165) is 36.5 Å². The molecular weight excluding hydrogens is 431 g/mol. The topological polar surface area (TPSA) is 67.2 Å². The van der Waals surface area contributed by atoms with Gasteiger partial charge in [0.25, 0.3) is 0 Å². The van der Waals surface area contributed by atoms with Crippen LogP contribution in [0.15, 0.2) is 60.9 Å². The molecule has 176 valence electrons. The molecule has 33 heavy (non-hydrogen) atoms. The third-order valence-electron chi connectivity index (χ3n) is 5.40. The van der Waals surface area contributed by atoms with Crippen molar-refractivity contribution >= 4 is 11.7 Å². The summed E-state index contributed by atoms with van der Waals surface area (Å²) >= 11 is 0. The van der Waals surface area contributed by atoms with Crippen LogP contribution in [-0.2, 0) is 17.4 Å². The number of nitrogens with one attached hydrogen (secondary N) is 1. The van der Waals surface area contributed by atoms with Crippen LogP contribution < -0.4 is 5.32 Å². The first-order valence-corrected chi connectivity index (χ1v) is 10.9. The van der Waals surface area contributed by atoms with E-state index in [0.29, 0.717) is 18.2 Å². The van der Waals surface area contributed by atoms with E-state index in [4.69, 9.17) is 5.11 Å². The van der Waals surface area contributed by atoms with Crippen molar-refractivity contribution in [3.05, 3.63) is 77.6 Å². The highest BCUT2D eigenvalue weighted by Gasteiger charge is 2.32. The lowest BCUT2D eigenvalue weighted by Crippen LogP contribution is -2.09. The maximum Gasteiger partial charge on any atom is 0.419 e. The number of carboxylic acids is 1. The van der Waals surface area contributed by atoms with Gasteiger partial charge < -0.3 is 10.4 Å². The molecule has 0 aliphatic carbocycles. The standard InChI is InChI=1S/C25H28F3N3O2/c1-17(2)13-20(19-5-7-22(8-6-19)29-12-11-24(32)33)14-18-3-9-23(10-4-18)31-16-21(15-30-31)25(26,27)28/h3-10,15-17,20,29H,11-14H2,1-2H3,(H,32,33). The first kappa shape index (κ1) is 24.4. The first-order valence-electron chi connectivity index (χ1n) is 10.9. The molecule has 0 radical (unpaired) electrons. The average Bonchev–Trinajstić information content (AvgIpc) is 3.25. The summed E-state index contributed by atoms with van der Waals surface area (Å²) < 4.78 is 39.7. The van der Waals surface area contributed by atoms with Crippen molar-refractivity contribution in [3.8, 4) is 5.69 Å². The molecule has 0 saturated heterocycles. The molecule has 3 rings (SSSR count). The van der Waals surface area contributed by atoms with Crippen molar-refractivity contribution in [1.29, 1.82) is 0 Å². The van der Waals surface area contributed by atoms with Gasteiger partial charge >= 0.3 is 12.1 Å². The van der Waals surface area contributed by atoms with Gasteiger partial charge in [0.05, 0.1) is 23.9 Å². The number of nitrogens with zero attached hydrogens (tertiary/aromatic N) is 2. The van der Waals surface area contributed by atoms with E-state index in [2.05, 4.69) is 36.4 Å². The zero-order valence-electron chi connectivity index (χ0n) is 18.6. The number of hydrogen-bond donors (Lipinski definition) is 2. The number of alkyl halides is 3. The smallest absolute Gasteiger partial charge is 0.419 e. The third kappa shape index (κ3) is 7.10. The van der Waals surface area contributed by atoms with E-state index in [1.54, 1.807) is 12.1 Å². The summed E-state index contributed by atoms with van der Waals surface area (Å²) in [6.07, 6.45) is -0.748. The number of anilines is 1. The fourth-order valence-corrected chi connectivity index (χ4v) is 3.77. The summed E-state index contributed by atoms with van der Waals surface area (Å²) in [7, 11) is 0. The minimum absolute atomic E-state index is 0.0593. The van der Waals surface area contributed by atoms with Crippen LogP contribution in [0, 0.1) is 5.92 Å². The van der Waals surface area contributed by atoms with Crippen LogP contribution in [0.25, 0.3) is 5.69 Å². The van der Waals surface area contributed by atoms with E-state index < -0.39 is 17.7 Å². The lowest BCUT2D eigenvalue weighted by Gasteiger charge is -2.20. The predicted octanol–water partition coefficient (Wildman–Crippen LogP) is 6.15. The Morgan fingerprint density at radius 2 is 1.76 bits per heavy atom. The highest BCUT2D eigenvalue weighted by Crippen LogP contribution is 2.31. The lowest BCUT2D eigenvalue weighted by atomic mass is 9.85. The molecule has 1 heterocycles. The largest absolute Gasteiger partial charge is 0.481 e. The van der Waals surface area contributed by atoms with Crippen molar-refractivity contribution in [3.63, 3.8) is 0 Å². The number of carbonyl (C=O) groups is 1. The summed E-state index contributed by atoms with van der Waals surface area (Å²) in [5.74, 6) is -0.0616. The molecule has 2 N–H and O–H groups in total. The number of rotatable bonds is 10. The van der Waals surface area contributed by atoms with Crippen LogP contribution in [0.4, 0.5) is 18.9 Å². The maximum atomic E-state index is 12.8. The van der Waals surface area contributed by atoms with Gasteiger partial charge in [0.15, 0.2) is 0 Å². The van der Waals surface area contributed by atoms with Gasteiger partial charge in [-0.25, -0.2) is 4.68 Å². The molecule has 0 aliphatic heterocycles. The Bertz CT molecular complexity index is 1040. The van der Waals surface area contributed by atoms with E-state index in [1.165, 1.54) is 10.2 Å². The Hall–Kier alpha value is -3.29. The fourth-order valence-electron chi connectivity index (χ4n) is 3.77. The molecule has 0 bridgehead atoms. The fraction of sp³-hybridized carbons (Fsp3) is 0.360. The summed E-state index contributed by atoms with van der Waals surface area (Å²) in [6, 6.07) is 15.5. The Morgan fingerprint density at radius 1 is 1.09 bits per heavy atom. The number of carboxylic acid groups (broad SMARTS) is 1. The van der Waals surface area contributed by atoms with Crippen LogP contribution in [0.5, 0.6) is 0 Å². The van der Waals surface area contributed by atoms with Gasteiger partial charge in [0.2, 0.25) is 0 Å². The SMILES string of the molecule is CC(C)CC(Cc1ccc(-n2cc(C(F)(F)F)cn2)cc1)c1ccc(NCCC(=O)O)cc1. The van der Waals surface area contributed by atoms with Gasteiger partial charge in [-0.15, -0.1) is 0 Å². The Balaban J connectivity index is 1.70. The van der Waals surface area contributed by atoms with Crippen LogP contribution in [0.1, 0.15) is 49.3 Å². The maximum absolute atomic E-state index is 12.8. The van der Waals surface area contributed by atoms with E-state index in [1.807, 2.05) is 24.3 Å². The predicted molar refractivity (Wildman–Crippen MR) is 122 cm³/mol. The normalized spacial score (nSPS) is 12.7. The van der Waals surface area contributed by atoms with Crippen LogP contribution in [0.3, 0.4) is 0 Å². The van der Waals surface area contributed by atoms with Crippen molar-refractivity contribution in [2.45, 2.75) is 45.2 Å².